The molecular formula is C26H38Cl2N2O3. The third-order valence-corrected chi connectivity index (χ3v) is 8.24. The summed E-state index contributed by atoms with van der Waals surface area (Å²) < 4.78 is 5.46. The van der Waals surface area contributed by atoms with Gasteiger partial charge in [-0.1, -0.05) is 42.6 Å². The van der Waals surface area contributed by atoms with Gasteiger partial charge in [0.2, 0.25) is 5.91 Å². The number of hydrogen-bond acceptors (Lipinski definition) is 4. The number of hydrogen-bond donors (Lipinski definition) is 1. The summed E-state index contributed by atoms with van der Waals surface area (Å²) in [6.45, 7) is 12.9. The van der Waals surface area contributed by atoms with Crippen molar-refractivity contribution in [1.82, 2.24) is 9.88 Å². The second-order valence-corrected chi connectivity index (χ2v) is 11.1. The molecule has 184 valence electrons. The second kappa shape index (κ2) is 11.0. The highest BCUT2D eigenvalue weighted by molar-refractivity contribution is 6.37. The number of carbonyl (C=O) groups is 1. The maximum Gasteiger partial charge on any atom is 0.227 e. The fraction of sp³-hybridized carbons (Fsp3) is 0.692. The van der Waals surface area contributed by atoms with Crippen LogP contribution in [0.2, 0.25) is 10.0 Å². The normalized spacial score (nSPS) is 25.5. The van der Waals surface area contributed by atoms with E-state index in [1.807, 2.05) is 25.7 Å². The van der Waals surface area contributed by atoms with Crippen molar-refractivity contribution in [3.8, 4) is 0 Å². The minimum Gasteiger partial charge on any atom is -0.492 e. The molecule has 0 spiro atoms. The Kier molecular flexibility index (Phi) is 8.74. The highest BCUT2D eigenvalue weighted by atomic mass is 35.5. The summed E-state index contributed by atoms with van der Waals surface area (Å²) in [4.78, 5) is 19.7. The van der Waals surface area contributed by atoms with E-state index in [1.54, 1.807) is 0 Å². The molecule has 0 aromatic carbocycles. The molecular weight excluding hydrogens is 459 g/mol. The van der Waals surface area contributed by atoms with Crippen molar-refractivity contribution >= 4 is 34.9 Å². The first kappa shape index (κ1) is 26.3. The van der Waals surface area contributed by atoms with Crippen LogP contribution in [-0.2, 0) is 16.0 Å². The zero-order valence-corrected chi connectivity index (χ0v) is 21.9. The average Bonchev–Trinajstić information content (AvgIpc) is 2.75. The van der Waals surface area contributed by atoms with Gasteiger partial charge in [0, 0.05) is 24.3 Å². The maximum absolute atomic E-state index is 13.4. The van der Waals surface area contributed by atoms with Crippen LogP contribution < -0.4 is 0 Å². The van der Waals surface area contributed by atoms with Crippen LogP contribution >= 0.6 is 23.2 Å². The molecule has 33 heavy (non-hydrogen) atoms. The lowest BCUT2D eigenvalue weighted by atomic mass is 9.64. The smallest absolute Gasteiger partial charge is 0.227 e. The van der Waals surface area contributed by atoms with Gasteiger partial charge in [-0.25, -0.2) is 4.98 Å². The zero-order chi connectivity index (χ0) is 24.3. The Morgan fingerprint density at radius 1 is 1.30 bits per heavy atom. The standard InChI is InChI=1S/C26H38Cl2N2O3/c1-6-33-17(3)25-24(28)21(22(27)15-29-25)14-23(31)30-13-11-20-18(10-12-26(4,5)32)8-7-9-19(20)16(30)2/h15-16,18-20,32H,3,6-14H2,1-2,4-5H3/t16-,18-,19+,20-/m0/s1. The van der Waals surface area contributed by atoms with E-state index in [9.17, 15) is 9.90 Å². The van der Waals surface area contributed by atoms with Crippen molar-refractivity contribution in [1.29, 1.82) is 0 Å². The van der Waals surface area contributed by atoms with E-state index in [0.29, 0.717) is 51.4 Å². The van der Waals surface area contributed by atoms with E-state index < -0.39 is 5.60 Å². The number of halogens is 2. The van der Waals surface area contributed by atoms with Crippen molar-refractivity contribution in [2.24, 2.45) is 17.8 Å². The summed E-state index contributed by atoms with van der Waals surface area (Å²) >= 11 is 13.0. The van der Waals surface area contributed by atoms with Crippen LogP contribution in [0.4, 0.5) is 0 Å². The SMILES string of the molecule is C=C(OCC)c1ncc(Cl)c(CC(=O)N2CC[C@H]3[C@H](CCC(C)(C)O)CCC[C@@H]3[C@@H]2C)c1Cl. The van der Waals surface area contributed by atoms with Crippen molar-refractivity contribution in [3.63, 3.8) is 0 Å². The molecule has 2 fully saturated rings. The number of nitrogens with zero attached hydrogens (tertiary/aromatic N) is 2. The van der Waals surface area contributed by atoms with E-state index in [4.69, 9.17) is 27.9 Å². The third kappa shape index (κ3) is 6.23. The first-order chi connectivity index (χ1) is 15.5. The van der Waals surface area contributed by atoms with Crippen LogP contribution in [0.5, 0.6) is 0 Å². The van der Waals surface area contributed by atoms with E-state index in [2.05, 4.69) is 18.5 Å². The molecule has 1 N–H and O–H groups in total. The van der Waals surface area contributed by atoms with Crippen LogP contribution in [0.3, 0.4) is 0 Å². The number of likely N-dealkylation sites (tertiary alicyclic amines) is 1. The first-order valence-corrected chi connectivity index (χ1v) is 13.0. The number of aromatic nitrogens is 1. The summed E-state index contributed by atoms with van der Waals surface area (Å²) in [5.41, 5.74) is 0.388. The summed E-state index contributed by atoms with van der Waals surface area (Å²) in [6.07, 6.45) is 8.12. The van der Waals surface area contributed by atoms with Crippen LogP contribution in [0.1, 0.15) is 77.5 Å². The molecule has 1 aliphatic heterocycles. The third-order valence-electron chi connectivity index (χ3n) is 7.51. The summed E-state index contributed by atoms with van der Waals surface area (Å²) in [5, 5.41) is 10.9. The van der Waals surface area contributed by atoms with Gasteiger partial charge in [-0.3, -0.25) is 4.79 Å². The molecule has 4 atom stereocenters. The lowest BCUT2D eigenvalue weighted by Gasteiger charge is -2.50. The van der Waals surface area contributed by atoms with Crippen molar-refractivity contribution in [3.05, 3.63) is 34.1 Å². The molecule has 1 aliphatic carbocycles. The molecule has 3 rings (SSSR count). The lowest BCUT2D eigenvalue weighted by molar-refractivity contribution is -0.138. The van der Waals surface area contributed by atoms with E-state index in [1.165, 1.54) is 19.0 Å². The van der Waals surface area contributed by atoms with Gasteiger partial charge in [-0.05, 0) is 71.1 Å². The molecule has 1 saturated heterocycles. The van der Waals surface area contributed by atoms with Gasteiger partial charge in [-0.15, -0.1) is 0 Å². The number of pyridine rings is 1. The fourth-order valence-corrected chi connectivity index (χ4v) is 6.35. The summed E-state index contributed by atoms with van der Waals surface area (Å²) in [7, 11) is 0. The summed E-state index contributed by atoms with van der Waals surface area (Å²) in [5.74, 6) is 2.17. The Hall–Kier alpha value is -1.30. The Balaban J connectivity index is 1.71. The molecule has 0 radical (unpaired) electrons. The number of ether oxygens (including phenoxy) is 1. The average molecular weight is 498 g/mol. The highest BCUT2D eigenvalue weighted by Gasteiger charge is 2.42. The largest absolute Gasteiger partial charge is 0.492 e. The topological polar surface area (TPSA) is 62.7 Å². The molecule has 1 saturated carbocycles. The maximum atomic E-state index is 13.4. The van der Waals surface area contributed by atoms with E-state index >= 15 is 0 Å². The van der Waals surface area contributed by atoms with E-state index in [-0.39, 0.29) is 18.4 Å². The van der Waals surface area contributed by atoms with Gasteiger partial charge >= 0.3 is 0 Å². The predicted molar refractivity (Wildman–Crippen MR) is 134 cm³/mol. The monoisotopic (exact) mass is 496 g/mol. The number of amides is 1. The highest BCUT2D eigenvalue weighted by Crippen LogP contribution is 2.45. The minimum atomic E-state index is -0.620. The molecule has 1 aromatic heterocycles. The van der Waals surface area contributed by atoms with Crippen molar-refractivity contribution in [2.75, 3.05) is 13.2 Å². The minimum absolute atomic E-state index is 0.0440. The molecule has 1 aromatic rings. The van der Waals surface area contributed by atoms with Gasteiger partial charge < -0.3 is 14.7 Å². The van der Waals surface area contributed by atoms with Crippen LogP contribution in [0.15, 0.2) is 12.8 Å². The molecule has 2 heterocycles. The number of carbonyl (C=O) groups excluding carboxylic acids is 1. The Labute approximate surface area is 208 Å². The van der Waals surface area contributed by atoms with Gasteiger partial charge in [0.05, 0.1) is 28.7 Å². The number of fused-ring (bicyclic) bond motifs is 1. The number of piperidine rings is 1. The molecule has 7 heteroatoms. The Bertz CT molecular complexity index is 868. The van der Waals surface area contributed by atoms with Crippen LogP contribution in [0, 0.1) is 17.8 Å². The lowest BCUT2D eigenvalue weighted by Crippen LogP contribution is -2.53. The van der Waals surface area contributed by atoms with Crippen LogP contribution in [0.25, 0.3) is 5.76 Å². The first-order valence-electron chi connectivity index (χ1n) is 12.2. The molecule has 5 nitrogen and oxygen atoms in total. The quantitative estimate of drug-likeness (QED) is 0.438. The van der Waals surface area contributed by atoms with Gasteiger partial charge in [0.15, 0.2) is 0 Å². The summed E-state index contributed by atoms with van der Waals surface area (Å²) in [6, 6.07) is 0.179. The zero-order valence-electron chi connectivity index (χ0n) is 20.4. The van der Waals surface area contributed by atoms with E-state index in [0.717, 1.165) is 32.2 Å². The molecule has 0 unspecified atom stereocenters. The number of rotatable bonds is 8. The molecule has 1 amide bonds. The van der Waals surface area contributed by atoms with Gasteiger partial charge in [0.1, 0.15) is 11.5 Å². The van der Waals surface area contributed by atoms with Gasteiger partial charge in [0.25, 0.3) is 0 Å². The molecule has 2 aliphatic rings. The fourth-order valence-electron chi connectivity index (χ4n) is 5.77. The predicted octanol–water partition coefficient (Wildman–Crippen LogP) is 6.14. The second-order valence-electron chi connectivity index (χ2n) is 10.3. The Morgan fingerprint density at radius 2 is 2.03 bits per heavy atom. The molecule has 0 bridgehead atoms. The van der Waals surface area contributed by atoms with Gasteiger partial charge in [-0.2, -0.15) is 0 Å². The van der Waals surface area contributed by atoms with Crippen molar-refractivity contribution < 1.29 is 14.6 Å². The Morgan fingerprint density at radius 3 is 2.70 bits per heavy atom. The van der Waals surface area contributed by atoms with Crippen LogP contribution in [-0.4, -0.2) is 45.7 Å². The van der Waals surface area contributed by atoms with Crippen molar-refractivity contribution in [2.45, 2.75) is 84.3 Å². The number of aliphatic hydroxyl groups is 1.